The third kappa shape index (κ3) is 6.18. The molecule has 2 amide bonds. The Morgan fingerprint density at radius 2 is 2.06 bits per heavy atom. The maximum Gasteiger partial charge on any atom is 1.00 e. The van der Waals surface area contributed by atoms with Crippen LogP contribution in [-0.4, -0.2) is 79.8 Å². The molecular weight excluding hydrogens is 529 g/mol. The van der Waals surface area contributed by atoms with Gasteiger partial charge in [0.25, 0.3) is 11.8 Å². The van der Waals surface area contributed by atoms with Crippen molar-refractivity contribution in [2.75, 3.05) is 18.1 Å². The van der Waals surface area contributed by atoms with Gasteiger partial charge >= 0.3 is 41.5 Å². The minimum atomic E-state index is -1.78. The summed E-state index contributed by atoms with van der Waals surface area (Å²) >= 11 is 2.15. The summed E-state index contributed by atoms with van der Waals surface area (Å²) in [6.45, 7) is 3.28. The molecule has 1 aromatic heterocycles. The molecule has 3 rings (SSSR count). The molecule has 2 atom stereocenters. The van der Waals surface area contributed by atoms with Crippen LogP contribution in [0.1, 0.15) is 26.5 Å². The zero-order chi connectivity index (χ0) is 26.1. The fraction of sp³-hybridized carbons (Fsp3) is 0.421. The maximum absolute atomic E-state index is 13.0. The average Bonchev–Trinajstić information content (AvgIpc) is 3.20. The summed E-state index contributed by atoms with van der Waals surface area (Å²) in [5.41, 5.74) is 3.17. The number of hydrogen-bond acceptors (Lipinski definition) is 13. The number of amides is 2. The number of oxime groups is 1. The summed E-state index contributed by atoms with van der Waals surface area (Å²) in [6.07, 6.45) is 0. The van der Waals surface area contributed by atoms with Gasteiger partial charge in [0.15, 0.2) is 10.8 Å². The Balaban J connectivity index is 0.00000456. The monoisotopic (exact) mass is 549 g/mol. The van der Waals surface area contributed by atoms with Crippen LogP contribution in [-0.2, 0) is 33.5 Å². The number of β-lactam (4-membered cyclic amide) rings is 1. The first-order chi connectivity index (χ1) is 16.3. The van der Waals surface area contributed by atoms with Crippen LogP contribution in [0, 0.1) is 0 Å². The molecular formula is C19H20N5NaO9S2. The molecule has 3 heterocycles. The Labute approximate surface area is 234 Å². The molecule has 0 unspecified atom stereocenters. The number of fused-ring (bicyclic) bond motifs is 1. The molecule has 17 heteroatoms. The topological polar surface area (TPSA) is 214 Å². The second-order valence-corrected chi connectivity index (χ2v) is 9.79. The molecule has 0 aliphatic carbocycles. The number of nitrogens with one attached hydrogen (secondary N) is 1. The van der Waals surface area contributed by atoms with Crippen molar-refractivity contribution in [2.24, 2.45) is 5.16 Å². The summed E-state index contributed by atoms with van der Waals surface area (Å²) in [5.74, 6) is -5.13. The Kier molecular flexibility index (Phi) is 9.52. The number of rotatable bonds is 9. The van der Waals surface area contributed by atoms with E-state index in [1.807, 2.05) is 0 Å². The summed E-state index contributed by atoms with van der Waals surface area (Å²) in [6, 6.07) is -1.13. The molecule has 1 fully saturated rings. The number of nitrogens with two attached hydrogens (primary N) is 1. The predicted molar refractivity (Wildman–Crippen MR) is 120 cm³/mol. The van der Waals surface area contributed by atoms with E-state index < -0.39 is 58.1 Å². The SMILES string of the molecule is CC(=O)OCC1=C(C(=O)[O-])N2C(=O)[C@@H](NC(=O)/C(=N\OC(C)(C)C(=O)O)c3csc(N)n3)[C@H]2SC1.[Na+]. The molecule has 0 radical (unpaired) electrons. The fourth-order valence-electron chi connectivity index (χ4n) is 2.98. The Bertz CT molecular complexity index is 1170. The molecule has 1 aromatic rings. The van der Waals surface area contributed by atoms with Crippen LogP contribution in [0.3, 0.4) is 0 Å². The van der Waals surface area contributed by atoms with Crippen molar-refractivity contribution in [2.45, 2.75) is 37.8 Å². The number of anilines is 1. The number of ether oxygens (including phenoxy) is 1. The van der Waals surface area contributed by atoms with Gasteiger partial charge in [0.1, 0.15) is 23.7 Å². The summed E-state index contributed by atoms with van der Waals surface area (Å²) in [4.78, 5) is 69.8. The van der Waals surface area contributed by atoms with E-state index in [1.165, 1.54) is 19.2 Å². The summed E-state index contributed by atoms with van der Waals surface area (Å²) < 4.78 is 4.85. The van der Waals surface area contributed by atoms with E-state index in [9.17, 15) is 34.2 Å². The van der Waals surface area contributed by atoms with E-state index in [0.717, 1.165) is 34.9 Å². The average molecular weight is 550 g/mol. The van der Waals surface area contributed by atoms with E-state index in [-0.39, 0.29) is 58.3 Å². The van der Waals surface area contributed by atoms with Gasteiger partial charge in [0.2, 0.25) is 5.60 Å². The van der Waals surface area contributed by atoms with E-state index in [4.69, 9.17) is 15.3 Å². The van der Waals surface area contributed by atoms with Crippen molar-refractivity contribution in [3.05, 3.63) is 22.3 Å². The summed E-state index contributed by atoms with van der Waals surface area (Å²) in [7, 11) is 0. The van der Waals surface area contributed by atoms with Crippen LogP contribution in [0.4, 0.5) is 5.13 Å². The van der Waals surface area contributed by atoms with Crippen LogP contribution in [0.25, 0.3) is 0 Å². The number of nitrogen functional groups attached to an aromatic ring is 1. The third-order valence-corrected chi connectivity index (χ3v) is 6.85. The number of carboxylic acids is 2. The number of carboxylic acid groups (broad SMARTS) is 2. The Morgan fingerprint density at radius 1 is 1.39 bits per heavy atom. The number of carbonyl (C=O) groups excluding carboxylic acids is 4. The van der Waals surface area contributed by atoms with Gasteiger partial charge in [-0.2, -0.15) is 0 Å². The maximum atomic E-state index is 13.0. The zero-order valence-electron chi connectivity index (χ0n) is 19.6. The molecule has 1 saturated heterocycles. The zero-order valence-corrected chi connectivity index (χ0v) is 23.2. The normalized spacial score (nSPS) is 19.5. The number of thiazole rings is 1. The Hall–Kier alpha value is -2.66. The quantitative estimate of drug-likeness (QED) is 0.0871. The van der Waals surface area contributed by atoms with Gasteiger partial charge in [-0.1, -0.05) is 5.16 Å². The molecule has 2 aliphatic rings. The van der Waals surface area contributed by atoms with Gasteiger partial charge in [-0.15, -0.1) is 23.1 Å². The summed E-state index contributed by atoms with van der Waals surface area (Å²) in [5, 5.41) is 27.8. The van der Waals surface area contributed by atoms with Crippen molar-refractivity contribution in [3.8, 4) is 0 Å². The molecule has 14 nitrogen and oxygen atoms in total. The predicted octanol–water partition coefficient (Wildman–Crippen LogP) is -4.72. The molecule has 0 aromatic carbocycles. The standard InChI is InChI=1S/C19H21N5O9S2.Na/c1-7(25)32-4-8-5-34-15-11(14(27)24(15)12(8)16(28)29)22-13(26)10(9-6-35-18(20)21-9)23-33-19(2,3)17(30)31;/h6,11,15H,4-5H2,1-3H3,(H2,20,21)(H,22,26)(H,28,29)(H,30,31);/q;+1/p-1/b23-10-;/t11-,15-;/m1./s1. The van der Waals surface area contributed by atoms with E-state index in [0.29, 0.717) is 0 Å². The Morgan fingerprint density at radius 3 is 2.58 bits per heavy atom. The minimum absolute atomic E-state index is 0. The van der Waals surface area contributed by atoms with Gasteiger partial charge in [0, 0.05) is 23.6 Å². The number of aliphatic carboxylic acids is 2. The first-order valence-electron chi connectivity index (χ1n) is 9.86. The van der Waals surface area contributed by atoms with Crippen LogP contribution >= 0.6 is 23.1 Å². The van der Waals surface area contributed by atoms with E-state index in [1.54, 1.807) is 0 Å². The van der Waals surface area contributed by atoms with E-state index in [2.05, 4.69) is 15.5 Å². The number of thioether (sulfide) groups is 1. The van der Waals surface area contributed by atoms with Crippen LogP contribution in [0.5, 0.6) is 0 Å². The second-order valence-electron chi connectivity index (χ2n) is 7.80. The number of aromatic nitrogens is 1. The van der Waals surface area contributed by atoms with Crippen LogP contribution in [0.15, 0.2) is 21.8 Å². The molecule has 2 aliphatic heterocycles. The first-order valence-corrected chi connectivity index (χ1v) is 11.8. The van der Waals surface area contributed by atoms with Gasteiger partial charge in [-0.05, 0) is 13.8 Å². The van der Waals surface area contributed by atoms with Gasteiger partial charge in [0.05, 0.1) is 11.7 Å². The number of esters is 1. The largest absolute Gasteiger partial charge is 1.00 e. The van der Waals surface area contributed by atoms with Crippen LogP contribution in [0.2, 0.25) is 0 Å². The molecule has 0 spiro atoms. The third-order valence-electron chi connectivity index (χ3n) is 4.84. The fourth-order valence-corrected chi connectivity index (χ4v) is 4.86. The molecule has 0 bridgehead atoms. The minimum Gasteiger partial charge on any atom is -0.543 e. The molecule has 36 heavy (non-hydrogen) atoms. The van der Waals surface area contributed by atoms with Crippen molar-refractivity contribution < 1.29 is 73.3 Å². The van der Waals surface area contributed by atoms with Crippen molar-refractivity contribution in [1.29, 1.82) is 0 Å². The van der Waals surface area contributed by atoms with Gasteiger partial charge in [-0.25, -0.2) is 9.78 Å². The van der Waals surface area contributed by atoms with Gasteiger partial charge in [-0.3, -0.25) is 19.3 Å². The number of nitrogens with zero attached hydrogens (tertiary/aromatic N) is 3. The van der Waals surface area contributed by atoms with Crippen LogP contribution < -0.4 is 45.7 Å². The molecule has 188 valence electrons. The number of carbonyl (C=O) groups is 5. The van der Waals surface area contributed by atoms with Crippen molar-refractivity contribution in [3.63, 3.8) is 0 Å². The van der Waals surface area contributed by atoms with Crippen molar-refractivity contribution >= 4 is 63.7 Å². The second kappa shape index (κ2) is 11.6. The van der Waals surface area contributed by atoms with Crippen molar-refractivity contribution in [1.82, 2.24) is 15.2 Å². The molecule has 0 saturated carbocycles. The van der Waals surface area contributed by atoms with Gasteiger partial charge < -0.3 is 35.6 Å². The molecule has 4 N–H and O–H groups in total. The number of hydrogen-bond donors (Lipinski definition) is 3. The smallest absolute Gasteiger partial charge is 0.543 e. The van der Waals surface area contributed by atoms with E-state index >= 15 is 0 Å². The first kappa shape index (κ1) is 29.6.